The molecule has 1 aliphatic carbocycles. The number of aromatic nitrogens is 4. The maximum atomic E-state index is 12.9. The predicted molar refractivity (Wildman–Crippen MR) is 114 cm³/mol. The zero-order valence-corrected chi connectivity index (χ0v) is 17.7. The van der Waals surface area contributed by atoms with Crippen LogP contribution in [0.5, 0.6) is 0 Å². The number of nitrogens with zero attached hydrogens (tertiary/aromatic N) is 4. The summed E-state index contributed by atoms with van der Waals surface area (Å²) >= 11 is 1.38. The van der Waals surface area contributed by atoms with Crippen molar-refractivity contribution in [2.45, 2.75) is 56.5 Å². The number of hydrogen-bond acceptors (Lipinski definition) is 5. The van der Waals surface area contributed by atoms with Crippen LogP contribution in [0.25, 0.3) is 5.69 Å². The van der Waals surface area contributed by atoms with E-state index < -0.39 is 0 Å². The van der Waals surface area contributed by atoms with Crippen molar-refractivity contribution in [3.05, 3.63) is 64.7 Å². The Hall–Kier alpha value is -2.67. The van der Waals surface area contributed by atoms with Crippen LogP contribution in [0.1, 0.15) is 48.1 Å². The Labute approximate surface area is 175 Å². The molecule has 1 aromatic heterocycles. The summed E-state index contributed by atoms with van der Waals surface area (Å²) in [6.45, 7) is 5.97. The van der Waals surface area contributed by atoms with Gasteiger partial charge in [-0.2, -0.15) is 4.68 Å². The van der Waals surface area contributed by atoms with Gasteiger partial charge in [0.1, 0.15) is 0 Å². The molecule has 1 N–H and O–H groups in total. The Bertz CT molecular complexity index is 1010. The molecule has 1 aliphatic rings. The molecule has 0 fully saturated rings. The average molecular weight is 408 g/mol. The smallest absolute Gasteiger partial charge is 0.233 e. The minimum Gasteiger partial charge on any atom is -0.348 e. The van der Waals surface area contributed by atoms with Crippen molar-refractivity contribution >= 4 is 17.7 Å². The summed E-state index contributed by atoms with van der Waals surface area (Å²) < 4.78 is 1.73. The molecule has 0 radical (unpaired) electrons. The van der Waals surface area contributed by atoms with E-state index in [0.29, 0.717) is 5.16 Å². The highest BCUT2D eigenvalue weighted by molar-refractivity contribution is 8.00. The molecule has 7 heteroatoms. The largest absolute Gasteiger partial charge is 0.348 e. The molecule has 2 atom stereocenters. The van der Waals surface area contributed by atoms with Gasteiger partial charge in [-0.05, 0) is 72.7 Å². The summed E-state index contributed by atoms with van der Waals surface area (Å²) in [5.74, 6) is 0.00718. The maximum Gasteiger partial charge on any atom is 0.233 e. The number of para-hydroxylation sites is 1. The highest BCUT2D eigenvalue weighted by Crippen LogP contribution is 2.31. The standard InChI is InChI=1S/C22H25N5OS/c1-14-8-6-9-15(2)20(14)27-22(24-25-26-27)29-16(3)21(28)23-19-13-7-11-17-10-4-5-12-18(17)19/h4-6,8-10,12,16,19H,7,11,13H2,1-3H3,(H,23,28)/t16-,19+/m1/s1. The van der Waals surface area contributed by atoms with Crippen molar-refractivity contribution in [3.63, 3.8) is 0 Å². The lowest BCUT2D eigenvalue weighted by Gasteiger charge is -2.27. The lowest BCUT2D eigenvalue weighted by atomic mass is 9.88. The van der Waals surface area contributed by atoms with Crippen LogP contribution >= 0.6 is 11.8 Å². The van der Waals surface area contributed by atoms with Crippen molar-refractivity contribution in [2.75, 3.05) is 0 Å². The lowest BCUT2D eigenvalue weighted by Crippen LogP contribution is -2.36. The molecule has 0 saturated carbocycles. The minimum atomic E-state index is -0.307. The lowest BCUT2D eigenvalue weighted by molar-refractivity contribution is -0.121. The monoisotopic (exact) mass is 407 g/mol. The van der Waals surface area contributed by atoms with Crippen molar-refractivity contribution in [1.29, 1.82) is 0 Å². The van der Waals surface area contributed by atoms with Crippen LogP contribution in [-0.2, 0) is 11.2 Å². The highest BCUT2D eigenvalue weighted by Gasteiger charge is 2.25. The predicted octanol–water partition coefficient (Wildman–Crippen LogP) is 3.95. The van der Waals surface area contributed by atoms with Gasteiger partial charge in [-0.25, -0.2) is 0 Å². The Morgan fingerprint density at radius 1 is 1.17 bits per heavy atom. The van der Waals surface area contributed by atoms with Gasteiger partial charge in [-0.3, -0.25) is 4.79 Å². The second-order valence-electron chi connectivity index (χ2n) is 7.53. The van der Waals surface area contributed by atoms with Crippen LogP contribution in [0, 0.1) is 13.8 Å². The first kappa shape index (κ1) is 19.6. The van der Waals surface area contributed by atoms with E-state index in [1.165, 1.54) is 22.9 Å². The third-order valence-electron chi connectivity index (χ3n) is 5.43. The Morgan fingerprint density at radius 2 is 1.93 bits per heavy atom. The number of carbonyl (C=O) groups is 1. The molecule has 150 valence electrons. The third-order valence-corrected chi connectivity index (χ3v) is 6.46. The van der Waals surface area contributed by atoms with Crippen molar-refractivity contribution in [3.8, 4) is 5.69 Å². The van der Waals surface area contributed by atoms with E-state index in [1.54, 1.807) is 4.68 Å². The quantitative estimate of drug-likeness (QED) is 0.648. The first-order valence-corrected chi connectivity index (χ1v) is 10.8. The maximum absolute atomic E-state index is 12.9. The molecule has 4 rings (SSSR count). The van der Waals surface area contributed by atoms with E-state index in [9.17, 15) is 4.79 Å². The van der Waals surface area contributed by atoms with Gasteiger partial charge in [0.25, 0.3) is 0 Å². The Kier molecular flexibility index (Phi) is 5.67. The number of benzene rings is 2. The molecular formula is C22H25N5OS. The number of tetrazole rings is 1. The average Bonchev–Trinajstić information content (AvgIpc) is 3.16. The van der Waals surface area contributed by atoms with E-state index in [2.05, 4.69) is 39.0 Å². The fraction of sp³-hybridized carbons (Fsp3) is 0.364. The summed E-state index contributed by atoms with van der Waals surface area (Å²) in [6, 6.07) is 14.6. The molecule has 1 heterocycles. The van der Waals surface area contributed by atoms with E-state index in [0.717, 1.165) is 36.1 Å². The number of aryl methyl sites for hydroxylation is 3. The van der Waals surface area contributed by atoms with Crippen molar-refractivity contribution in [1.82, 2.24) is 25.5 Å². The van der Waals surface area contributed by atoms with Gasteiger partial charge in [-0.1, -0.05) is 54.2 Å². The SMILES string of the molecule is Cc1cccc(C)c1-n1nnnc1S[C@H](C)C(=O)N[C@H]1CCCc2ccccc21. The Morgan fingerprint density at radius 3 is 2.72 bits per heavy atom. The number of amides is 1. The first-order chi connectivity index (χ1) is 14.0. The van der Waals surface area contributed by atoms with Crippen LogP contribution in [0.4, 0.5) is 0 Å². The second kappa shape index (κ2) is 8.37. The minimum absolute atomic E-state index is 0.00718. The number of carbonyl (C=O) groups excluding carboxylic acids is 1. The van der Waals surface area contributed by atoms with Crippen molar-refractivity contribution in [2.24, 2.45) is 0 Å². The fourth-order valence-electron chi connectivity index (χ4n) is 3.94. The summed E-state index contributed by atoms with van der Waals surface area (Å²) in [4.78, 5) is 12.9. The van der Waals surface area contributed by atoms with E-state index in [1.807, 2.05) is 45.0 Å². The molecule has 2 aromatic carbocycles. The summed E-state index contributed by atoms with van der Waals surface area (Å²) in [6.07, 6.45) is 3.14. The molecule has 0 aliphatic heterocycles. The van der Waals surface area contributed by atoms with Crippen LogP contribution in [0.2, 0.25) is 0 Å². The molecule has 6 nitrogen and oxygen atoms in total. The number of thioether (sulfide) groups is 1. The molecule has 0 saturated heterocycles. The van der Waals surface area contributed by atoms with Gasteiger partial charge in [0.05, 0.1) is 17.0 Å². The normalized spacial score (nSPS) is 16.9. The van der Waals surface area contributed by atoms with Gasteiger partial charge in [0, 0.05) is 0 Å². The number of nitrogens with one attached hydrogen (secondary N) is 1. The number of hydrogen-bond donors (Lipinski definition) is 1. The van der Waals surface area contributed by atoms with Gasteiger partial charge in [-0.15, -0.1) is 5.10 Å². The van der Waals surface area contributed by atoms with Crippen LogP contribution < -0.4 is 5.32 Å². The summed E-state index contributed by atoms with van der Waals surface area (Å²) in [5.41, 5.74) is 5.73. The molecule has 0 unspecified atom stereocenters. The number of rotatable bonds is 5. The second-order valence-corrected chi connectivity index (χ2v) is 8.83. The van der Waals surface area contributed by atoms with Gasteiger partial charge in [0.2, 0.25) is 11.1 Å². The van der Waals surface area contributed by atoms with E-state index >= 15 is 0 Å². The Balaban J connectivity index is 1.49. The van der Waals surface area contributed by atoms with Gasteiger partial charge in [0.15, 0.2) is 0 Å². The molecule has 0 bridgehead atoms. The molecule has 3 aromatic rings. The van der Waals surface area contributed by atoms with E-state index in [-0.39, 0.29) is 17.2 Å². The highest BCUT2D eigenvalue weighted by atomic mass is 32.2. The van der Waals surface area contributed by atoms with Crippen LogP contribution in [0.3, 0.4) is 0 Å². The fourth-order valence-corrected chi connectivity index (χ4v) is 4.74. The number of fused-ring (bicyclic) bond motifs is 1. The van der Waals surface area contributed by atoms with E-state index in [4.69, 9.17) is 0 Å². The third kappa shape index (κ3) is 4.05. The summed E-state index contributed by atoms with van der Waals surface area (Å²) in [7, 11) is 0. The molecule has 0 spiro atoms. The molecule has 29 heavy (non-hydrogen) atoms. The zero-order chi connectivity index (χ0) is 20.4. The molecular weight excluding hydrogens is 382 g/mol. The van der Waals surface area contributed by atoms with Crippen molar-refractivity contribution < 1.29 is 4.79 Å². The summed E-state index contributed by atoms with van der Waals surface area (Å²) in [5, 5.41) is 15.7. The zero-order valence-electron chi connectivity index (χ0n) is 16.9. The van der Waals surface area contributed by atoms with Crippen LogP contribution in [-0.4, -0.2) is 31.4 Å². The van der Waals surface area contributed by atoms with Gasteiger partial charge < -0.3 is 5.32 Å². The first-order valence-electron chi connectivity index (χ1n) is 9.94. The van der Waals surface area contributed by atoms with Crippen LogP contribution in [0.15, 0.2) is 47.6 Å². The van der Waals surface area contributed by atoms with Gasteiger partial charge >= 0.3 is 0 Å². The molecule has 1 amide bonds. The topological polar surface area (TPSA) is 72.7 Å².